The van der Waals surface area contributed by atoms with Crippen molar-refractivity contribution in [1.29, 1.82) is 0 Å². The van der Waals surface area contributed by atoms with E-state index in [1.807, 2.05) is 0 Å². The molecule has 6 atom stereocenters. The highest BCUT2D eigenvalue weighted by Crippen LogP contribution is 2.65. The summed E-state index contributed by atoms with van der Waals surface area (Å²) in [6.45, 7) is 10.8. The summed E-state index contributed by atoms with van der Waals surface area (Å²) < 4.78 is 14.4. The minimum Gasteiger partial charge on any atom is -0.404 e. The van der Waals surface area contributed by atoms with Crippen LogP contribution in [0.25, 0.3) is 0 Å². The molecule has 1 aromatic rings. The monoisotopic (exact) mass is 576 g/mol. The molecular weight excluding hydrogens is 535 g/mol. The Morgan fingerprint density at radius 3 is 2.68 bits per heavy atom. The number of aliphatic imine (C=N–C) groups is 1. The number of nitrogens with zero attached hydrogens (tertiary/aromatic N) is 6. The Balaban J connectivity index is 1.43. The molecule has 0 unspecified atom stereocenters. The Labute approximate surface area is 239 Å². The average molecular weight is 576 g/mol. The average Bonchev–Trinajstić information content (AvgIpc) is 3.51. The third kappa shape index (κ3) is 6.94. The topological polar surface area (TPSA) is 214 Å². The molecular formula is C24H41BN10O6. The summed E-state index contributed by atoms with van der Waals surface area (Å²) in [4.78, 5) is 40.8. The fraction of sp³-hybridized carbons (Fsp3) is 0.833. The summed E-state index contributed by atoms with van der Waals surface area (Å²) in [5, 5.41) is 26.3. The van der Waals surface area contributed by atoms with Crippen molar-refractivity contribution < 1.29 is 23.9 Å². The number of carbonyl (C=O) groups is 2. The van der Waals surface area contributed by atoms with Crippen molar-refractivity contribution in [3.63, 3.8) is 0 Å². The molecule has 1 aliphatic heterocycles. The second kappa shape index (κ2) is 12.3. The van der Waals surface area contributed by atoms with Gasteiger partial charge in [0.05, 0.1) is 17.6 Å². The third-order valence-corrected chi connectivity index (χ3v) is 8.84. The van der Waals surface area contributed by atoms with Gasteiger partial charge in [-0.15, -0.1) is 5.10 Å². The maximum atomic E-state index is 13.6. The molecule has 2 amide bonds. The quantitative estimate of drug-likeness (QED) is 0.0604. The molecule has 2 bridgehead atoms. The number of aromatic nitrogens is 4. The van der Waals surface area contributed by atoms with E-state index in [9.17, 15) is 19.7 Å². The van der Waals surface area contributed by atoms with Gasteiger partial charge < -0.3 is 25.7 Å². The molecule has 3 saturated carbocycles. The fourth-order valence-corrected chi connectivity index (χ4v) is 6.63. The van der Waals surface area contributed by atoms with Crippen LogP contribution in [0.5, 0.6) is 0 Å². The van der Waals surface area contributed by atoms with Crippen LogP contribution >= 0.6 is 0 Å². The largest absolute Gasteiger partial charge is 0.481 e. The summed E-state index contributed by atoms with van der Waals surface area (Å²) in [6, 6.07) is -0.917. The van der Waals surface area contributed by atoms with Gasteiger partial charge in [0.15, 0.2) is 5.03 Å². The number of guanidine groups is 1. The van der Waals surface area contributed by atoms with Crippen LogP contribution in [0, 0.1) is 33.3 Å². The van der Waals surface area contributed by atoms with E-state index in [4.69, 9.17) is 15.0 Å². The molecule has 0 spiro atoms. The van der Waals surface area contributed by atoms with Crippen LogP contribution in [0.4, 0.5) is 0 Å². The number of amides is 2. The van der Waals surface area contributed by atoms with E-state index < -0.39 is 41.5 Å². The van der Waals surface area contributed by atoms with Gasteiger partial charge in [0.1, 0.15) is 18.9 Å². The Bertz CT molecular complexity index is 1130. The van der Waals surface area contributed by atoms with Crippen LogP contribution in [0.2, 0.25) is 0 Å². The number of nitro groups is 1. The summed E-state index contributed by atoms with van der Waals surface area (Å²) in [5.41, 5.74) is 7.02. The van der Waals surface area contributed by atoms with Crippen LogP contribution in [-0.2, 0) is 25.4 Å². The van der Waals surface area contributed by atoms with Gasteiger partial charge in [0, 0.05) is 6.54 Å². The van der Waals surface area contributed by atoms with E-state index in [1.165, 1.54) is 11.0 Å². The molecule has 4 aliphatic rings. The molecule has 17 heteroatoms. The van der Waals surface area contributed by atoms with E-state index in [-0.39, 0.29) is 42.9 Å². The Morgan fingerprint density at radius 1 is 1.29 bits per heavy atom. The number of carbonyl (C=O) groups excluding carboxylic acids is 2. The number of hydrogen-bond acceptors (Lipinski definition) is 10. The van der Waals surface area contributed by atoms with Crippen molar-refractivity contribution in [2.45, 2.75) is 97.0 Å². The molecule has 1 saturated heterocycles. The van der Waals surface area contributed by atoms with Crippen LogP contribution < -0.4 is 21.8 Å². The van der Waals surface area contributed by atoms with Gasteiger partial charge in [-0.3, -0.25) is 9.59 Å². The van der Waals surface area contributed by atoms with Crippen LogP contribution in [-0.4, -0.2) is 80.4 Å². The van der Waals surface area contributed by atoms with Gasteiger partial charge in [-0.2, -0.15) is 0 Å². The molecule has 0 aromatic carbocycles. The number of tetrazole rings is 1. The SMILES string of the molecule is CC(C)C[C@H](NC(=O)[C@H](CCCN=C(N)N[N+](=O)[O-])NC(=O)Cn1cnnn1)B1O[C@@H]2C[C@H]3C[C@H](C3(C)C)[C@]2(C)O1. The minimum absolute atomic E-state index is 0.0290. The highest BCUT2D eigenvalue weighted by Gasteiger charge is 2.68. The molecule has 0 radical (unpaired) electrons. The minimum atomic E-state index is -0.917. The van der Waals surface area contributed by atoms with Crippen LogP contribution in [0.15, 0.2) is 11.3 Å². The van der Waals surface area contributed by atoms with Gasteiger partial charge in [-0.05, 0) is 72.6 Å². The molecule has 2 heterocycles. The number of rotatable bonds is 13. The standard InChI is InChI=1S/C24H41BN10O6/c1-14(2)9-19(25-40-18-11-15-10-17(23(15,3)4)24(18,5)41-25)30-21(37)16(7-6-8-27-22(26)31-35(38)39)29-20(36)12-34-13-28-32-33-34/h13-19H,6-12H2,1-5H3,(H,29,36)(H,30,37)(H3,26,27,31)/t15-,16+,17-,18-,19+,24+/m1/s1. The van der Waals surface area contributed by atoms with E-state index in [0.717, 1.165) is 12.8 Å². The number of hydrazine groups is 1. The second-order valence-electron chi connectivity index (χ2n) is 12.5. The summed E-state index contributed by atoms with van der Waals surface area (Å²) in [6.07, 6.45) is 4.48. The molecule has 3 aliphatic carbocycles. The molecule has 226 valence electrons. The maximum absolute atomic E-state index is 13.6. The van der Waals surface area contributed by atoms with E-state index in [0.29, 0.717) is 24.7 Å². The van der Waals surface area contributed by atoms with Crippen molar-refractivity contribution in [3.8, 4) is 0 Å². The van der Waals surface area contributed by atoms with Gasteiger partial charge in [0.25, 0.3) is 5.96 Å². The second-order valence-corrected chi connectivity index (χ2v) is 12.5. The van der Waals surface area contributed by atoms with E-state index >= 15 is 0 Å². The lowest BCUT2D eigenvalue weighted by molar-refractivity contribution is -0.525. The summed E-state index contributed by atoms with van der Waals surface area (Å²) in [7, 11) is -0.610. The van der Waals surface area contributed by atoms with Gasteiger partial charge in [-0.1, -0.05) is 33.1 Å². The molecule has 5 N–H and O–H groups in total. The predicted octanol–water partition coefficient (Wildman–Crippen LogP) is -0.167. The lowest BCUT2D eigenvalue weighted by atomic mass is 9.43. The molecule has 41 heavy (non-hydrogen) atoms. The van der Waals surface area contributed by atoms with Crippen molar-refractivity contribution in [2.75, 3.05) is 6.54 Å². The Morgan fingerprint density at radius 2 is 2.05 bits per heavy atom. The first-order valence-electron chi connectivity index (χ1n) is 14.1. The van der Waals surface area contributed by atoms with Crippen LogP contribution in [0.1, 0.15) is 66.7 Å². The van der Waals surface area contributed by atoms with Crippen molar-refractivity contribution in [2.24, 2.45) is 33.9 Å². The van der Waals surface area contributed by atoms with Crippen molar-refractivity contribution >= 4 is 24.9 Å². The van der Waals surface area contributed by atoms with Gasteiger partial charge in [-0.25, -0.2) is 19.8 Å². The highest BCUT2D eigenvalue weighted by molar-refractivity contribution is 6.48. The van der Waals surface area contributed by atoms with Crippen molar-refractivity contribution in [1.82, 2.24) is 36.3 Å². The molecule has 4 fully saturated rings. The first kappa shape index (κ1) is 30.6. The lowest BCUT2D eigenvalue weighted by Crippen LogP contribution is -2.65. The molecule has 5 rings (SSSR count). The number of hydrogen-bond donors (Lipinski definition) is 4. The first-order valence-corrected chi connectivity index (χ1v) is 14.1. The van der Waals surface area contributed by atoms with Crippen LogP contribution in [0.3, 0.4) is 0 Å². The summed E-state index contributed by atoms with van der Waals surface area (Å²) in [5.74, 6) is -0.391. The zero-order chi connectivity index (χ0) is 29.9. The van der Waals surface area contributed by atoms with Gasteiger partial charge >= 0.3 is 7.12 Å². The fourth-order valence-electron chi connectivity index (χ4n) is 6.63. The Kier molecular flexibility index (Phi) is 9.16. The Hall–Kier alpha value is -3.34. The predicted molar refractivity (Wildman–Crippen MR) is 147 cm³/mol. The van der Waals surface area contributed by atoms with Crippen molar-refractivity contribution in [3.05, 3.63) is 16.4 Å². The normalized spacial score (nSPS) is 27.9. The van der Waals surface area contributed by atoms with Gasteiger partial charge in [0.2, 0.25) is 11.8 Å². The third-order valence-electron chi connectivity index (χ3n) is 8.84. The highest BCUT2D eigenvalue weighted by atomic mass is 16.7. The number of nitrogens with one attached hydrogen (secondary N) is 3. The zero-order valence-corrected chi connectivity index (χ0v) is 24.3. The van der Waals surface area contributed by atoms with E-state index in [2.05, 4.69) is 65.8 Å². The molecule has 1 aromatic heterocycles. The first-order chi connectivity index (χ1) is 19.3. The lowest BCUT2D eigenvalue weighted by Gasteiger charge is -2.64. The van der Waals surface area contributed by atoms with E-state index in [1.54, 1.807) is 5.43 Å². The summed E-state index contributed by atoms with van der Waals surface area (Å²) >= 11 is 0. The number of nitrogens with two attached hydrogens (primary N) is 1. The molecule has 16 nitrogen and oxygen atoms in total. The maximum Gasteiger partial charge on any atom is 0.481 e. The zero-order valence-electron chi connectivity index (χ0n) is 24.3. The smallest absolute Gasteiger partial charge is 0.404 e.